The standard InChI is InChI=1S/C15H23NO2/c1-3-15(17,11-18-2)14(10-16)8-12-6-4-5-7-13(12)9-14/h4-7,17H,3,8-11,16H2,1-2H3. The van der Waals surface area contributed by atoms with E-state index in [1.807, 2.05) is 19.1 Å². The lowest BCUT2D eigenvalue weighted by Gasteiger charge is -2.43. The van der Waals surface area contributed by atoms with Crippen LogP contribution in [0.1, 0.15) is 24.5 Å². The Morgan fingerprint density at radius 1 is 1.33 bits per heavy atom. The zero-order valence-corrected chi connectivity index (χ0v) is 11.3. The maximum absolute atomic E-state index is 10.9. The van der Waals surface area contributed by atoms with Crippen molar-refractivity contribution >= 4 is 0 Å². The van der Waals surface area contributed by atoms with E-state index in [-0.39, 0.29) is 5.41 Å². The lowest BCUT2D eigenvalue weighted by Crippen LogP contribution is -2.55. The third-order valence-corrected chi connectivity index (χ3v) is 4.52. The summed E-state index contributed by atoms with van der Waals surface area (Å²) in [4.78, 5) is 0. The monoisotopic (exact) mass is 249 g/mol. The van der Waals surface area contributed by atoms with Gasteiger partial charge in [0, 0.05) is 19.1 Å². The van der Waals surface area contributed by atoms with E-state index in [0.717, 1.165) is 12.8 Å². The molecule has 1 aromatic rings. The second kappa shape index (κ2) is 5.00. The summed E-state index contributed by atoms with van der Waals surface area (Å²) in [6.07, 6.45) is 2.34. The van der Waals surface area contributed by atoms with Crippen LogP contribution in [0.15, 0.2) is 24.3 Å². The number of benzene rings is 1. The summed E-state index contributed by atoms with van der Waals surface area (Å²) >= 11 is 0. The molecule has 0 bridgehead atoms. The minimum Gasteiger partial charge on any atom is -0.387 e. The Balaban J connectivity index is 2.35. The molecule has 1 unspecified atom stereocenters. The number of methoxy groups -OCH3 is 1. The summed E-state index contributed by atoms with van der Waals surface area (Å²) in [5.41, 5.74) is 7.50. The first-order valence-corrected chi connectivity index (χ1v) is 6.59. The molecule has 0 heterocycles. The molecule has 0 amide bonds. The van der Waals surface area contributed by atoms with Gasteiger partial charge < -0.3 is 15.6 Å². The first kappa shape index (κ1) is 13.5. The Morgan fingerprint density at radius 2 is 1.89 bits per heavy atom. The van der Waals surface area contributed by atoms with Crippen LogP contribution in [0.3, 0.4) is 0 Å². The predicted molar refractivity (Wildman–Crippen MR) is 72.5 cm³/mol. The van der Waals surface area contributed by atoms with E-state index in [2.05, 4.69) is 12.1 Å². The molecule has 0 aliphatic heterocycles. The molecule has 1 aromatic carbocycles. The number of fused-ring (bicyclic) bond motifs is 1. The number of ether oxygens (including phenoxy) is 1. The highest BCUT2D eigenvalue weighted by atomic mass is 16.5. The van der Waals surface area contributed by atoms with Crippen molar-refractivity contribution in [1.29, 1.82) is 0 Å². The molecule has 100 valence electrons. The van der Waals surface area contributed by atoms with Crippen LogP contribution in [0.25, 0.3) is 0 Å². The van der Waals surface area contributed by atoms with Gasteiger partial charge in [-0.15, -0.1) is 0 Å². The Bertz CT molecular complexity index is 394. The van der Waals surface area contributed by atoms with Crippen molar-refractivity contribution in [1.82, 2.24) is 0 Å². The zero-order chi connectivity index (χ0) is 13.2. The summed E-state index contributed by atoms with van der Waals surface area (Å²) in [6, 6.07) is 8.37. The Hall–Kier alpha value is -0.900. The molecule has 1 atom stereocenters. The van der Waals surface area contributed by atoms with Crippen LogP contribution >= 0.6 is 0 Å². The molecule has 0 spiro atoms. The van der Waals surface area contributed by atoms with E-state index in [1.165, 1.54) is 11.1 Å². The molecule has 1 aliphatic carbocycles. The van der Waals surface area contributed by atoms with Crippen molar-refractivity contribution in [3.05, 3.63) is 35.4 Å². The summed E-state index contributed by atoms with van der Waals surface area (Å²) < 4.78 is 5.23. The minimum absolute atomic E-state index is 0.290. The maximum atomic E-state index is 10.9. The van der Waals surface area contributed by atoms with Crippen molar-refractivity contribution in [2.45, 2.75) is 31.8 Å². The first-order chi connectivity index (χ1) is 8.61. The number of hydrogen-bond donors (Lipinski definition) is 2. The SMILES string of the molecule is CCC(O)(COC)C1(CN)Cc2ccccc2C1. The Labute approximate surface area is 109 Å². The normalized spacial score (nSPS) is 20.4. The molecular formula is C15H23NO2. The van der Waals surface area contributed by atoms with Gasteiger partial charge in [0.05, 0.1) is 12.2 Å². The van der Waals surface area contributed by atoms with Crippen molar-refractivity contribution in [3.8, 4) is 0 Å². The van der Waals surface area contributed by atoms with E-state index < -0.39 is 5.60 Å². The molecule has 3 N–H and O–H groups in total. The van der Waals surface area contributed by atoms with Gasteiger partial charge in [0.1, 0.15) is 0 Å². The highest BCUT2D eigenvalue weighted by Crippen LogP contribution is 2.45. The Morgan fingerprint density at radius 3 is 2.28 bits per heavy atom. The molecule has 3 nitrogen and oxygen atoms in total. The molecule has 0 fully saturated rings. The maximum Gasteiger partial charge on any atom is 0.0951 e. The quantitative estimate of drug-likeness (QED) is 0.832. The van der Waals surface area contributed by atoms with Crippen molar-refractivity contribution in [2.75, 3.05) is 20.3 Å². The molecule has 0 radical (unpaired) electrons. The van der Waals surface area contributed by atoms with Crippen LogP contribution < -0.4 is 5.73 Å². The van der Waals surface area contributed by atoms with Gasteiger partial charge in [-0.3, -0.25) is 0 Å². The lowest BCUT2D eigenvalue weighted by atomic mass is 9.68. The van der Waals surface area contributed by atoms with Crippen molar-refractivity contribution < 1.29 is 9.84 Å². The van der Waals surface area contributed by atoms with Crippen LogP contribution in [-0.2, 0) is 17.6 Å². The summed E-state index contributed by atoms with van der Waals surface area (Å²) in [6.45, 7) is 2.82. The average Bonchev–Trinajstić information content (AvgIpc) is 2.79. The fourth-order valence-corrected chi connectivity index (χ4v) is 3.23. The third-order valence-electron chi connectivity index (χ3n) is 4.52. The van der Waals surface area contributed by atoms with Gasteiger partial charge in [-0.25, -0.2) is 0 Å². The van der Waals surface area contributed by atoms with Crippen LogP contribution in [0.5, 0.6) is 0 Å². The van der Waals surface area contributed by atoms with Gasteiger partial charge in [-0.05, 0) is 30.4 Å². The van der Waals surface area contributed by atoms with Gasteiger partial charge in [-0.1, -0.05) is 31.2 Å². The average molecular weight is 249 g/mol. The lowest BCUT2D eigenvalue weighted by molar-refractivity contribution is -0.121. The molecule has 0 saturated heterocycles. The van der Waals surface area contributed by atoms with Gasteiger partial charge >= 0.3 is 0 Å². The fourth-order valence-electron chi connectivity index (χ4n) is 3.23. The molecule has 0 saturated carbocycles. The molecule has 1 aliphatic rings. The van der Waals surface area contributed by atoms with E-state index in [4.69, 9.17) is 10.5 Å². The van der Waals surface area contributed by atoms with Crippen LogP contribution in [-0.4, -0.2) is 31.0 Å². The number of rotatable bonds is 5. The first-order valence-electron chi connectivity index (χ1n) is 6.59. The number of hydrogen-bond acceptors (Lipinski definition) is 3. The van der Waals surface area contributed by atoms with Gasteiger partial charge in [0.25, 0.3) is 0 Å². The molecule has 2 rings (SSSR count). The minimum atomic E-state index is -0.852. The summed E-state index contributed by atoms with van der Waals surface area (Å²) in [5.74, 6) is 0. The number of nitrogens with two attached hydrogens (primary N) is 1. The smallest absolute Gasteiger partial charge is 0.0951 e. The highest BCUT2D eigenvalue weighted by Gasteiger charge is 2.51. The zero-order valence-electron chi connectivity index (χ0n) is 11.3. The van der Waals surface area contributed by atoms with E-state index in [9.17, 15) is 5.11 Å². The van der Waals surface area contributed by atoms with E-state index >= 15 is 0 Å². The predicted octanol–water partition coefficient (Wildman–Crippen LogP) is 1.52. The highest BCUT2D eigenvalue weighted by molar-refractivity contribution is 5.36. The van der Waals surface area contributed by atoms with Gasteiger partial charge in [0.15, 0.2) is 0 Å². The molecular weight excluding hydrogens is 226 g/mol. The van der Waals surface area contributed by atoms with Crippen molar-refractivity contribution in [3.63, 3.8) is 0 Å². The summed E-state index contributed by atoms with van der Waals surface area (Å²) in [7, 11) is 1.63. The fraction of sp³-hybridized carbons (Fsp3) is 0.600. The third kappa shape index (κ3) is 1.96. The van der Waals surface area contributed by atoms with Crippen molar-refractivity contribution in [2.24, 2.45) is 11.1 Å². The van der Waals surface area contributed by atoms with Crippen LogP contribution in [0.4, 0.5) is 0 Å². The second-order valence-electron chi connectivity index (χ2n) is 5.42. The summed E-state index contributed by atoms with van der Waals surface area (Å²) in [5, 5.41) is 10.9. The van der Waals surface area contributed by atoms with Gasteiger partial charge in [0.2, 0.25) is 0 Å². The Kier molecular flexibility index (Phi) is 3.76. The van der Waals surface area contributed by atoms with Crippen LogP contribution in [0.2, 0.25) is 0 Å². The second-order valence-corrected chi connectivity index (χ2v) is 5.42. The molecule has 0 aromatic heterocycles. The van der Waals surface area contributed by atoms with Gasteiger partial charge in [-0.2, -0.15) is 0 Å². The molecule has 3 heteroatoms. The topological polar surface area (TPSA) is 55.5 Å². The van der Waals surface area contributed by atoms with Crippen LogP contribution in [0, 0.1) is 5.41 Å². The molecule has 18 heavy (non-hydrogen) atoms. The van der Waals surface area contributed by atoms with E-state index in [0.29, 0.717) is 19.6 Å². The van der Waals surface area contributed by atoms with E-state index in [1.54, 1.807) is 7.11 Å². The largest absolute Gasteiger partial charge is 0.387 e. The number of aliphatic hydroxyl groups is 1.